The van der Waals surface area contributed by atoms with Gasteiger partial charge in [0.15, 0.2) is 0 Å². The van der Waals surface area contributed by atoms with E-state index in [1.807, 2.05) is 0 Å². The van der Waals surface area contributed by atoms with Crippen LogP contribution in [-0.2, 0) is 6.54 Å². The van der Waals surface area contributed by atoms with E-state index in [-0.39, 0.29) is 18.5 Å². The van der Waals surface area contributed by atoms with E-state index in [0.717, 1.165) is 25.9 Å². The van der Waals surface area contributed by atoms with Crippen molar-refractivity contribution in [2.24, 2.45) is 5.73 Å². The molecule has 1 aliphatic heterocycles. The number of likely N-dealkylation sites (tertiary alicyclic amines) is 1. The maximum Gasteiger partial charge on any atom is 0.131 e. The van der Waals surface area contributed by atoms with Gasteiger partial charge in [-0.05, 0) is 38.8 Å². The van der Waals surface area contributed by atoms with Crippen LogP contribution < -0.4 is 10.5 Å². The number of rotatable bonds is 4. The molecule has 0 aliphatic carbocycles. The molecule has 0 saturated carbocycles. The molecule has 1 aromatic rings. The molecule has 106 valence electrons. The van der Waals surface area contributed by atoms with Crippen LogP contribution in [0.3, 0.4) is 0 Å². The molecule has 0 aromatic heterocycles. The molecule has 3 nitrogen and oxygen atoms in total. The lowest BCUT2D eigenvalue weighted by Crippen LogP contribution is -2.41. The van der Waals surface area contributed by atoms with E-state index < -0.39 is 0 Å². The second-order valence-corrected chi connectivity index (χ2v) is 5.37. The summed E-state index contributed by atoms with van der Waals surface area (Å²) in [5.41, 5.74) is 6.07. The molecular weight excluding hydrogens is 243 g/mol. The minimum absolute atomic E-state index is 0.169. The lowest BCUT2D eigenvalue weighted by Gasteiger charge is -2.34. The van der Waals surface area contributed by atoms with E-state index >= 15 is 0 Å². The molecule has 0 bridgehead atoms. The third-order valence-electron chi connectivity index (χ3n) is 3.78. The average molecular weight is 266 g/mol. The molecule has 0 spiro atoms. The normalized spacial score (nSPS) is 17.9. The Morgan fingerprint density at radius 1 is 1.37 bits per heavy atom. The highest BCUT2D eigenvalue weighted by Gasteiger charge is 2.23. The first-order valence-corrected chi connectivity index (χ1v) is 7.00. The van der Waals surface area contributed by atoms with Crippen molar-refractivity contribution in [1.82, 2.24) is 4.90 Å². The molecule has 2 rings (SSSR count). The first-order chi connectivity index (χ1) is 9.11. The van der Waals surface area contributed by atoms with Gasteiger partial charge in [0.25, 0.3) is 0 Å². The minimum Gasteiger partial charge on any atom is -0.490 e. The SMILES string of the molecule is CC(C)N1CCC(Oc2cccc(F)c2CN)CC1. The molecular formula is C15H23FN2O. The maximum absolute atomic E-state index is 13.6. The van der Waals surface area contributed by atoms with Gasteiger partial charge in [0.2, 0.25) is 0 Å². The van der Waals surface area contributed by atoms with Crippen LogP contribution in [0.4, 0.5) is 4.39 Å². The summed E-state index contributed by atoms with van der Waals surface area (Å²) in [6.45, 7) is 6.67. The van der Waals surface area contributed by atoms with Crippen molar-refractivity contribution in [2.45, 2.75) is 45.4 Å². The van der Waals surface area contributed by atoms with Crippen LogP contribution >= 0.6 is 0 Å². The third kappa shape index (κ3) is 3.45. The predicted octanol–water partition coefficient (Wildman–Crippen LogP) is 2.54. The van der Waals surface area contributed by atoms with Crippen molar-refractivity contribution in [1.29, 1.82) is 0 Å². The Hall–Kier alpha value is -1.13. The average Bonchev–Trinajstić information content (AvgIpc) is 2.39. The quantitative estimate of drug-likeness (QED) is 0.910. The molecule has 1 aromatic carbocycles. The van der Waals surface area contributed by atoms with Gasteiger partial charge < -0.3 is 15.4 Å². The molecule has 0 amide bonds. The fourth-order valence-electron chi connectivity index (χ4n) is 2.54. The van der Waals surface area contributed by atoms with Crippen LogP contribution in [-0.4, -0.2) is 30.1 Å². The van der Waals surface area contributed by atoms with Gasteiger partial charge in [-0.2, -0.15) is 0 Å². The van der Waals surface area contributed by atoms with Gasteiger partial charge in [-0.3, -0.25) is 0 Å². The van der Waals surface area contributed by atoms with Gasteiger partial charge >= 0.3 is 0 Å². The zero-order valence-electron chi connectivity index (χ0n) is 11.7. The Kier molecular flexibility index (Phi) is 4.77. The number of benzene rings is 1. The summed E-state index contributed by atoms with van der Waals surface area (Å²) in [6, 6.07) is 5.48. The lowest BCUT2D eigenvalue weighted by atomic mass is 10.1. The predicted molar refractivity (Wildman–Crippen MR) is 74.7 cm³/mol. The molecule has 1 aliphatic rings. The smallest absolute Gasteiger partial charge is 0.131 e. The van der Waals surface area contributed by atoms with E-state index in [4.69, 9.17) is 10.5 Å². The van der Waals surface area contributed by atoms with E-state index in [1.165, 1.54) is 6.07 Å². The largest absolute Gasteiger partial charge is 0.490 e. The van der Waals surface area contributed by atoms with Crippen LogP contribution in [0, 0.1) is 5.82 Å². The highest BCUT2D eigenvalue weighted by Crippen LogP contribution is 2.25. The molecule has 1 saturated heterocycles. The molecule has 1 fully saturated rings. The Morgan fingerprint density at radius 2 is 2.05 bits per heavy atom. The third-order valence-corrected chi connectivity index (χ3v) is 3.78. The van der Waals surface area contributed by atoms with E-state index in [2.05, 4.69) is 18.7 Å². The molecule has 1 heterocycles. The van der Waals surface area contributed by atoms with Crippen molar-refractivity contribution in [3.05, 3.63) is 29.6 Å². The number of piperidine rings is 1. The van der Waals surface area contributed by atoms with Crippen LogP contribution in [0.5, 0.6) is 5.75 Å². The fourth-order valence-corrected chi connectivity index (χ4v) is 2.54. The lowest BCUT2D eigenvalue weighted by molar-refractivity contribution is 0.0834. The standard InChI is InChI=1S/C15H23FN2O/c1-11(2)18-8-6-12(7-9-18)19-15-5-3-4-14(16)13(15)10-17/h3-5,11-12H,6-10,17H2,1-2H3. The zero-order chi connectivity index (χ0) is 13.8. The van der Waals surface area contributed by atoms with Crippen molar-refractivity contribution in [3.8, 4) is 5.75 Å². The first kappa shape index (κ1) is 14.3. The number of ether oxygens (including phenoxy) is 1. The molecule has 19 heavy (non-hydrogen) atoms. The highest BCUT2D eigenvalue weighted by molar-refractivity contribution is 5.34. The minimum atomic E-state index is -0.278. The second-order valence-electron chi connectivity index (χ2n) is 5.37. The molecule has 0 unspecified atom stereocenters. The van der Waals surface area contributed by atoms with Gasteiger partial charge in [-0.1, -0.05) is 6.07 Å². The first-order valence-electron chi connectivity index (χ1n) is 7.00. The van der Waals surface area contributed by atoms with Crippen LogP contribution in [0.2, 0.25) is 0 Å². The molecule has 4 heteroatoms. The van der Waals surface area contributed by atoms with Gasteiger partial charge in [0.1, 0.15) is 17.7 Å². The Labute approximate surface area is 114 Å². The van der Waals surface area contributed by atoms with Gasteiger partial charge in [-0.25, -0.2) is 4.39 Å². The van der Waals surface area contributed by atoms with Crippen LogP contribution in [0.25, 0.3) is 0 Å². The topological polar surface area (TPSA) is 38.5 Å². The van der Waals surface area contributed by atoms with Gasteiger partial charge in [0, 0.05) is 31.2 Å². The summed E-state index contributed by atoms with van der Waals surface area (Å²) in [5, 5.41) is 0. The van der Waals surface area contributed by atoms with Crippen molar-refractivity contribution in [3.63, 3.8) is 0 Å². The number of nitrogens with zero attached hydrogens (tertiary/aromatic N) is 1. The summed E-state index contributed by atoms with van der Waals surface area (Å²) in [5.74, 6) is 0.324. The summed E-state index contributed by atoms with van der Waals surface area (Å²) < 4.78 is 19.5. The van der Waals surface area contributed by atoms with Crippen molar-refractivity contribution in [2.75, 3.05) is 13.1 Å². The number of hydrogen-bond acceptors (Lipinski definition) is 3. The highest BCUT2D eigenvalue weighted by atomic mass is 19.1. The van der Waals surface area contributed by atoms with E-state index in [9.17, 15) is 4.39 Å². The van der Waals surface area contributed by atoms with E-state index in [1.54, 1.807) is 12.1 Å². The molecule has 0 atom stereocenters. The fraction of sp³-hybridized carbons (Fsp3) is 0.600. The molecule has 2 N–H and O–H groups in total. The second kappa shape index (κ2) is 6.35. The Bertz CT molecular complexity index is 415. The summed E-state index contributed by atoms with van der Waals surface area (Å²) in [6.07, 6.45) is 2.14. The number of halogens is 1. The van der Waals surface area contributed by atoms with Gasteiger partial charge in [0.05, 0.1) is 0 Å². The summed E-state index contributed by atoms with van der Waals surface area (Å²) in [4.78, 5) is 2.44. The van der Waals surface area contributed by atoms with Crippen molar-refractivity contribution < 1.29 is 9.13 Å². The van der Waals surface area contributed by atoms with Crippen LogP contribution in [0.15, 0.2) is 18.2 Å². The number of hydrogen-bond donors (Lipinski definition) is 1. The number of nitrogens with two attached hydrogens (primary N) is 1. The maximum atomic E-state index is 13.6. The summed E-state index contributed by atoms with van der Waals surface area (Å²) in [7, 11) is 0. The summed E-state index contributed by atoms with van der Waals surface area (Å²) >= 11 is 0. The monoisotopic (exact) mass is 266 g/mol. The van der Waals surface area contributed by atoms with E-state index in [0.29, 0.717) is 17.4 Å². The van der Waals surface area contributed by atoms with Crippen molar-refractivity contribution >= 4 is 0 Å². The Morgan fingerprint density at radius 3 is 2.63 bits per heavy atom. The Balaban J connectivity index is 1.98. The zero-order valence-corrected chi connectivity index (χ0v) is 11.7. The molecule has 0 radical (unpaired) electrons. The van der Waals surface area contributed by atoms with Gasteiger partial charge in [-0.15, -0.1) is 0 Å². The van der Waals surface area contributed by atoms with Crippen LogP contribution in [0.1, 0.15) is 32.3 Å².